The number of alkyl halides is 12. The van der Waals surface area contributed by atoms with Crippen molar-refractivity contribution in [2.24, 2.45) is 0 Å². The van der Waals surface area contributed by atoms with Crippen molar-refractivity contribution in [3.63, 3.8) is 0 Å². The number of carbonyl (C=O) groups is 3. The van der Waals surface area contributed by atoms with Crippen LogP contribution in [0.2, 0.25) is 0 Å². The Morgan fingerprint density at radius 1 is 0.541 bits per heavy atom. The summed E-state index contributed by atoms with van der Waals surface area (Å²) in [6.45, 7) is 10.6. The van der Waals surface area contributed by atoms with Gasteiger partial charge < -0.3 is 29.5 Å². The Morgan fingerprint density at radius 2 is 0.919 bits per heavy atom. The summed E-state index contributed by atoms with van der Waals surface area (Å²) in [6.07, 6.45) is 2.82. The van der Waals surface area contributed by atoms with Gasteiger partial charge in [-0.1, -0.05) is 19.3 Å². The molecule has 0 aromatic heterocycles. The van der Waals surface area contributed by atoms with Crippen molar-refractivity contribution in [2.75, 3.05) is 59.5 Å². The Labute approximate surface area is 428 Å². The van der Waals surface area contributed by atoms with E-state index in [1.807, 2.05) is 32.7 Å². The Bertz CT molecular complexity index is 1830. The molecule has 0 aromatic rings. The lowest BCUT2D eigenvalue weighted by Crippen LogP contribution is -2.50. The third-order valence-corrected chi connectivity index (χ3v) is 13.5. The zero-order valence-electron chi connectivity index (χ0n) is 43.6. The van der Waals surface area contributed by atoms with Gasteiger partial charge in [-0.3, -0.25) is 18.8 Å². The molecule has 3 saturated heterocycles. The van der Waals surface area contributed by atoms with Crippen LogP contribution < -0.4 is 5.32 Å². The molecule has 7 fully saturated rings. The fraction of sp³-hybridized carbons (Fsp3) is 0.936. The average Bonchev–Trinajstić information content (AvgIpc) is 4.13. The predicted molar refractivity (Wildman–Crippen MR) is 250 cm³/mol. The Hall–Kier alpha value is -3.04. The molecule has 0 atom stereocenters. The van der Waals surface area contributed by atoms with Crippen LogP contribution in [0.4, 0.5) is 62.3 Å². The molecule has 14 nitrogen and oxygen atoms in total. The van der Waals surface area contributed by atoms with E-state index >= 15 is 0 Å². The van der Waals surface area contributed by atoms with Gasteiger partial charge in [0.05, 0.1) is 13.1 Å². The summed E-state index contributed by atoms with van der Waals surface area (Å²) in [7, 11) is -4.31. The molecule has 7 aliphatic rings. The van der Waals surface area contributed by atoms with Gasteiger partial charge >= 0.3 is 46.3 Å². The topological polar surface area (TPSA) is 141 Å². The molecule has 4 saturated carbocycles. The molecular weight excluding hydrogens is 1040 g/mol. The monoisotopic (exact) mass is 1110 g/mol. The molecule has 3 heterocycles. The van der Waals surface area contributed by atoms with Crippen LogP contribution >= 0.6 is 0 Å². The van der Waals surface area contributed by atoms with E-state index in [1.165, 1.54) is 19.3 Å². The summed E-state index contributed by atoms with van der Waals surface area (Å²) in [5, 5.41) is 3.62. The maximum absolute atomic E-state index is 12.7. The molecular formula is C47H78F12N6O8S. The van der Waals surface area contributed by atoms with Crippen molar-refractivity contribution in [1.82, 2.24) is 29.8 Å². The van der Waals surface area contributed by atoms with Gasteiger partial charge in [0.15, 0.2) is 6.61 Å². The first kappa shape index (κ1) is 65.2. The molecule has 27 heteroatoms. The summed E-state index contributed by atoms with van der Waals surface area (Å²) in [6, 6.07) is 1.77. The zero-order chi connectivity index (χ0) is 56.1. The lowest BCUT2D eigenvalue weighted by molar-refractivity contribution is -0.156. The summed E-state index contributed by atoms with van der Waals surface area (Å²) in [5.41, 5.74) is -6.78. The number of rotatable bonds is 10. The Kier molecular flexibility index (Phi) is 24.3. The van der Waals surface area contributed by atoms with Gasteiger partial charge in [0, 0.05) is 82.4 Å². The molecule has 0 radical (unpaired) electrons. The smallest absolute Gasteiger partial charge is 0.444 e. The van der Waals surface area contributed by atoms with E-state index in [1.54, 1.807) is 40.4 Å². The standard InChI is InChI=1S/C15H25F3N2O2.C13H24N2O2.C11H18F3N.C5H9NO.C3H2F6O3S/c1-14(2,3)22-13(21)19-8-6-12(7-9-19)20(11-4-5-11)10-15(16,17)18;1-13(2,3)17-12(16)15-8-6-11(7-9-15)14-10-4-5-10;12-11(13,14)8-15(10-6-7-10)9-4-2-1-3-5-9;1-6-4-2-3-5(6)7;4-2(5,6)1-12-13(10,11)3(7,8)9/h11-12H,4-10H2,1-3H3;10-11,14H,4-9H2,1-3H3;9-10H,1-8H2;2-4H2,1H3;1H2. The lowest BCUT2D eigenvalue weighted by Gasteiger charge is -2.39. The molecule has 0 aromatic carbocycles. The second-order valence-electron chi connectivity index (χ2n) is 21.9. The first-order valence-electron chi connectivity index (χ1n) is 25.4. The highest BCUT2D eigenvalue weighted by atomic mass is 32.2. The van der Waals surface area contributed by atoms with Crippen LogP contribution in [-0.4, -0.2) is 182 Å². The first-order chi connectivity index (χ1) is 33.8. The maximum Gasteiger partial charge on any atom is 0.523 e. The van der Waals surface area contributed by atoms with Crippen LogP contribution in [0.5, 0.6) is 0 Å². The highest BCUT2D eigenvalue weighted by molar-refractivity contribution is 7.87. The van der Waals surface area contributed by atoms with E-state index in [0.29, 0.717) is 37.9 Å². The minimum atomic E-state index is -6.15. The average molecular weight is 1120 g/mol. The van der Waals surface area contributed by atoms with Crippen molar-refractivity contribution in [3.8, 4) is 0 Å². The van der Waals surface area contributed by atoms with Crippen molar-refractivity contribution in [2.45, 2.75) is 222 Å². The summed E-state index contributed by atoms with van der Waals surface area (Å²) in [5.74, 6) is 0.292. The highest BCUT2D eigenvalue weighted by Gasteiger charge is 2.49. The summed E-state index contributed by atoms with van der Waals surface area (Å²) < 4.78 is 176. The number of amides is 3. The molecule has 74 heavy (non-hydrogen) atoms. The fourth-order valence-electron chi connectivity index (χ4n) is 8.59. The van der Waals surface area contributed by atoms with Gasteiger partial charge in [-0.2, -0.15) is 61.1 Å². The number of nitrogens with one attached hydrogen (secondary N) is 1. The number of carbonyl (C=O) groups excluding carboxylic acids is 3. The van der Waals surface area contributed by atoms with Crippen LogP contribution in [0.3, 0.4) is 0 Å². The number of hydrogen-bond donors (Lipinski definition) is 1. The molecule has 0 unspecified atom stereocenters. The molecule has 0 bridgehead atoms. The minimum Gasteiger partial charge on any atom is -0.444 e. The predicted octanol–water partition coefficient (Wildman–Crippen LogP) is 10.5. The van der Waals surface area contributed by atoms with E-state index in [9.17, 15) is 75.5 Å². The summed E-state index contributed by atoms with van der Waals surface area (Å²) in [4.78, 5) is 42.8. The lowest BCUT2D eigenvalue weighted by atomic mass is 9.94. The van der Waals surface area contributed by atoms with Gasteiger partial charge in [-0.15, -0.1) is 0 Å². The Balaban J connectivity index is 0.000000253. The molecule has 1 N–H and O–H groups in total. The van der Waals surface area contributed by atoms with Crippen LogP contribution in [-0.2, 0) is 28.6 Å². The number of piperidine rings is 2. The normalized spacial score (nSPS) is 21.1. The van der Waals surface area contributed by atoms with E-state index in [-0.39, 0.29) is 42.0 Å². The van der Waals surface area contributed by atoms with Crippen LogP contribution in [0.25, 0.3) is 0 Å². The molecule has 7 rings (SSSR count). The highest BCUT2D eigenvalue weighted by Crippen LogP contribution is 2.37. The molecule has 3 amide bonds. The number of halogens is 12. The van der Waals surface area contributed by atoms with Gasteiger partial charge in [0.25, 0.3) is 0 Å². The first-order valence-corrected chi connectivity index (χ1v) is 26.9. The van der Waals surface area contributed by atoms with Crippen molar-refractivity contribution in [3.05, 3.63) is 0 Å². The van der Waals surface area contributed by atoms with E-state index in [0.717, 1.165) is 103 Å². The third-order valence-electron chi connectivity index (χ3n) is 12.6. The van der Waals surface area contributed by atoms with Crippen LogP contribution in [0.1, 0.15) is 151 Å². The summed E-state index contributed by atoms with van der Waals surface area (Å²) >= 11 is 0. The zero-order valence-corrected chi connectivity index (χ0v) is 44.4. The number of ether oxygens (including phenoxy) is 2. The van der Waals surface area contributed by atoms with E-state index in [2.05, 4.69) is 9.50 Å². The van der Waals surface area contributed by atoms with Crippen LogP contribution in [0, 0.1) is 0 Å². The van der Waals surface area contributed by atoms with Crippen molar-refractivity contribution < 1.29 is 89.1 Å². The molecule has 434 valence electrons. The Morgan fingerprint density at radius 3 is 1.22 bits per heavy atom. The van der Waals surface area contributed by atoms with Gasteiger partial charge in [-0.25, -0.2) is 9.59 Å². The largest absolute Gasteiger partial charge is 0.523 e. The fourth-order valence-corrected chi connectivity index (χ4v) is 9.01. The maximum atomic E-state index is 12.7. The number of nitrogens with zero attached hydrogens (tertiary/aromatic N) is 5. The van der Waals surface area contributed by atoms with Crippen LogP contribution in [0.15, 0.2) is 0 Å². The van der Waals surface area contributed by atoms with Gasteiger partial charge in [0.2, 0.25) is 5.91 Å². The second-order valence-corrected chi connectivity index (χ2v) is 23.5. The third kappa shape index (κ3) is 27.3. The van der Waals surface area contributed by atoms with Crippen molar-refractivity contribution >= 4 is 28.2 Å². The minimum absolute atomic E-state index is 0.0692. The van der Waals surface area contributed by atoms with E-state index in [4.69, 9.17) is 9.47 Å². The second kappa shape index (κ2) is 27.5. The van der Waals surface area contributed by atoms with E-state index < -0.39 is 59.5 Å². The molecule has 0 spiro atoms. The van der Waals surface area contributed by atoms with Crippen molar-refractivity contribution in [1.29, 1.82) is 0 Å². The molecule has 4 aliphatic carbocycles. The molecule has 3 aliphatic heterocycles. The quantitative estimate of drug-likeness (QED) is 0.127. The van der Waals surface area contributed by atoms with Gasteiger partial charge in [0.1, 0.15) is 11.2 Å². The number of likely N-dealkylation sites (tertiary alicyclic amines) is 3. The number of hydrogen-bond acceptors (Lipinski definition) is 11. The SMILES string of the molecule is CC(C)(C)OC(=O)N1CCC(N(CC(F)(F)F)C2CC2)CC1.CC(C)(C)OC(=O)N1CCC(NC2CC2)CC1.CN1CCCC1=O.FC(F)(F)CN(C1CCCCC1)C1CC1.O=S(=O)(OCC(F)(F)F)C(F)(F)F. The van der Waals surface area contributed by atoms with Gasteiger partial charge in [-0.05, 0) is 125 Å².